The van der Waals surface area contributed by atoms with Crippen LogP contribution in [0.3, 0.4) is 0 Å². The van der Waals surface area contributed by atoms with Crippen molar-refractivity contribution in [2.75, 3.05) is 0 Å². The Morgan fingerprint density at radius 1 is 0.812 bits per heavy atom. The van der Waals surface area contributed by atoms with Crippen LogP contribution in [0.15, 0.2) is 71.5 Å². The molecule has 0 N–H and O–H groups in total. The van der Waals surface area contributed by atoms with E-state index in [1.54, 1.807) is 12.5 Å². The number of hydrogen-bond donors (Lipinski definition) is 0. The molecule has 5 heteroatoms. The molecule has 0 fully saturated rings. The van der Waals surface area contributed by atoms with Gasteiger partial charge in [-0.05, 0) is 6.07 Å². The Bertz CT molecular complexity index is 1680. The molecule has 6 aromatic rings. The summed E-state index contributed by atoms with van der Waals surface area (Å²) in [5.41, 5.74) is 5.58. The molecule has 32 heavy (non-hydrogen) atoms. The molecule has 0 unspecified atom stereocenters. The number of aromatic nitrogens is 3. The molecule has 3 heterocycles. The quantitative estimate of drug-likeness (QED) is 0.208. The number of fused-ring (bicyclic) bond motifs is 6. The predicted octanol–water partition coefficient (Wildman–Crippen LogP) is 6.60. The summed E-state index contributed by atoms with van der Waals surface area (Å²) >= 11 is -1.94. The van der Waals surface area contributed by atoms with Crippen molar-refractivity contribution in [3.8, 4) is 11.3 Å². The molecule has 0 bridgehead atoms. The van der Waals surface area contributed by atoms with E-state index in [2.05, 4.69) is 71.6 Å². The average molecular weight is 478 g/mol. The second-order valence-electron chi connectivity index (χ2n) is 9.47. The van der Waals surface area contributed by atoms with Gasteiger partial charge in [0.15, 0.2) is 0 Å². The Labute approximate surface area is 188 Å². The van der Waals surface area contributed by atoms with Gasteiger partial charge in [-0.3, -0.25) is 0 Å². The Balaban J connectivity index is 1.67. The number of para-hydroxylation sites is 1. The summed E-state index contributed by atoms with van der Waals surface area (Å²) < 4.78 is 7.70. The second-order valence-corrected chi connectivity index (χ2v) is 20.1. The van der Waals surface area contributed by atoms with Crippen LogP contribution in [0, 0.1) is 6.92 Å². The first-order chi connectivity index (χ1) is 15.4. The summed E-state index contributed by atoms with van der Waals surface area (Å²) in [6.07, 6.45) is 3.43. The zero-order valence-corrected chi connectivity index (χ0v) is 20.7. The number of aryl methyl sites for hydroxylation is 1. The monoisotopic (exact) mass is 479 g/mol. The van der Waals surface area contributed by atoms with E-state index in [9.17, 15) is 0 Å². The maximum absolute atomic E-state index is 6.19. The van der Waals surface area contributed by atoms with Crippen LogP contribution in [-0.2, 0) is 0 Å². The summed E-state index contributed by atoms with van der Waals surface area (Å²) in [5.74, 6) is 7.31. The van der Waals surface area contributed by atoms with Crippen LogP contribution in [0.4, 0.5) is 0 Å². The fourth-order valence-electron chi connectivity index (χ4n) is 4.66. The first-order valence-corrected chi connectivity index (χ1v) is 18.2. The summed E-state index contributed by atoms with van der Waals surface area (Å²) in [6.45, 7) is 2.20. The average Bonchev–Trinajstić information content (AvgIpc) is 3.16. The van der Waals surface area contributed by atoms with Crippen LogP contribution in [-0.4, -0.2) is 28.2 Å². The molecule has 0 saturated heterocycles. The number of rotatable bonds is 2. The zero-order chi connectivity index (χ0) is 22.0. The molecule has 0 spiro atoms. The molecule has 0 atom stereocenters. The van der Waals surface area contributed by atoms with Gasteiger partial charge in [-0.25, -0.2) is 0 Å². The SMILES string of the molecule is Cc1c[c]([Ge]([CH3])([CH3])[CH3])cc2ccc3c(-c4cccc5c4oc4ncccc45)ncnc3c12. The minimum absolute atomic E-state index is 0.648. The van der Waals surface area contributed by atoms with Gasteiger partial charge in [0.2, 0.25) is 0 Å². The molecule has 0 amide bonds. The molecule has 6 rings (SSSR count). The number of benzene rings is 3. The van der Waals surface area contributed by atoms with Crippen LogP contribution < -0.4 is 4.40 Å². The number of nitrogens with zero attached hydrogens (tertiary/aromatic N) is 3. The van der Waals surface area contributed by atoms with Crippen LogP contribution in [0.5, 0.6) is 0 Å². The standard InChI is InChI=1S/C27H23GeN3O/c1-16-13-18(28(2,3)4)14-17-10-11-21-24(30-15-31-25(21)23(16)17)22-8-5-7-19-20-9-6-12-29-27(20)32-26(19)22/h5-15H,1-4H3. The summed E-state index contributed by atoms with van der Waals surface area (Å²) in [4.78, 5) is 13.8. The predicted molar refractivity (Wildman–Crippen MR) is 135 cm³/mol. The molecular formula is C27H23GeN3O. The van der Waals surface area contributed by atoms with Crippen molar-refractivity contribution in [1.29, 1.82) is 0 Å². The molecular weight excluding hydrogens is 455 g/mol. The van der Waals surface area contributed by atoms with Gasteiger partial charge in [0, 0.05) is 6.20 Å². The zero-order valence-electron chi connectivity index (χ0n) is 18.6. The van der Waals surface area contributed by atoms with Gasteiger partial charge in [0.25, 0.3) is 0 Å². The third-order valence-electron chi connectivity index (χ3n) is 6.31. The van der Waals surface area contributed by atoms with Crippen molar-refractivity contribution >= 4 is 61.4 Å². The Morgan fingerprint density at radius 3 is 2.50 bits per heavy atom. The Hall–Kier alpha value is -3.25. The van der Waals surface area contributed by atoms with E-state index in [0.29, 0.717) is 5.71 Å². The first-order valence-electron chi connectivity index (χ1n) is 10.9. The van der Waals surface area contributed by atoms with Gasteiger partial charge in [-0.1, -0.05) is 0 Å². The fourth-order valence-corrected chi connectivity index (χ4v) is 7.26. The number of pyridine rings is 1. The maximum atomic E-state index is 6.19. The van der Waals surface area contributed by atoms with Crippen molar-refractivity contribution in [3.05, 3.63) is 72.7 Å². The second kappa shape index (κ2) is 6.87. The van der Waals surface area contributed by atoms with Crippen molar-refractivity contribution in [1.82, 2.24) is 15.0 Å². The van der Waals surface area contributed by atoms with Gasteiger partial charge in [-0.15, -0.1) is 0 Å². The van der Waals surface area contributed by atoms with Crippen molar-refractivity contribution in [2.45, 2.75) is 24.2 Å². The normalized spacial score (nSPS) is 12.4. The van der Waals surface area contributed by atoms with Gasteiger partial charge < -0.3 is 0 Å². The third-order valence-corrected chi connectivity index (χ3v) is 10.6. The molecule has 156 valence electrons. The van der Waals surface area contributed by atoms with Crippen molar-refractivity contribution < 1.29 is 4.42 Å². The molecule has 0 aliphatic heterocycles. The van der Waals surface area contributed by atoms with Gasteiger partial charge >= 0.3 is 177 Å². The van der Waals surface area contributed by atoms with Crippen LogP contribution in [0.2, 0.25) is 17.3 Å². The molecule has 0 radical (unpaired) electrons. The Morgan fingerprint density at radius 2 is 1.66 bits per heavy atom. The van der Waals surface area contributed by atoms with E-state index >= 15 is 0 Å². The van der Waals surface area contributed by atoms with Crippen molar-refractivity contribution in [2.24, 2.45) is 0 Å². The molecule has 0 saturated carbocycles. The topological polar surface area (TPSA) is 51.8 Å². The van der Waals surface area contributed by atoms with Crippen LogP contribution in [0.25, 0.3) is 55.0 Å². The molecule has 0 aliphatic rings. The van der Waals surface area contributed by atoms with Gasteiger partial charge in [0.1, 0.15) is 0 Å². The summed E-state index contributed by atoms with van der Waals surface area (Å²) in [7, 11) is 0. The van der Waals surface area contributed by atoms with Crippen LogP contribution >= 0.6 is 0 Å². The number of furan rings is 1. The summed E-state index contributed by atoms with van der Waals surface area (Å²) in [6, 6.07) is 19.3. The van der Waals surface area contributed by atoms with Gasteiger partial charge in [0.05, 0.1) is 0 Å². The molecule has 3 aromatic heterocycles. The molecule has 4 nitrogen and oxygen atoms in total. The van der Waals surface area contributed by atoms with E-state index in [-0.39, 0.29) is 0 Å². The Kier molecular flexibility index (Phi) is 4.18. The molecule has 3 aromatic carbocycles. The van der Waals surface area contributed by atoms with Crippen molar-refractivity contribution in [3.63, 3.8) is 0 Å². The van der Waals surface area contributed by atoms with E-state index < -0.39 is 13.3 Å². The van der Waals surface area contributed by atoms with E-state index in [0.717, 1.165) is 38.5 Å². The van der Waals surface area contributed by atoms with E-state index in [1.165, 1.54) is 20.7 Å². The minimum atomic E-state index is -1.94. The first kappa shape index (κ1) is 19.4. The van der Waals surface area contributed by atoms with E-state index in [4.69, 9.17) is 14.4 Å². The fraction of sp³-hybridized carbons (Fsp3) is 0.148. The third kappa shape index (κ3) is 2.86. The van der Waals surface area contributed by atoms with Crippen LogP contribution in [0.1, 0.15) is 5.56 Å². The summed E-state index contributed by atoms with van der Waals surface area (Å²) in [5, 5.41) is 5.57. The van der Waals surface area contributed by atoms with E-state index in [1.807, 2.05) is 12.1 Å². The van der Waals surface area contributed by atoms with Gasteiger partial charge in [-0.2, -0.15) is 0 Å². The molecule has 0 aliphatic carbocycles. The number of hydrogen-bond acceptors (Lipinski definition) is 4.